The van der Waals surface area contributed by atoms with E-state index in [-0.39, 0.29) is 6.61 Å². The summed E-state index contributed by atoms with van der Waals surface area (Å²) in [6.07, 6.45) is 3.51. The van der Waals surface area contributed by atoms with E-state index in [1.54, 1.807) is 11.3 Å². The van der Waals surface area contributed by atoms with Crippen molar-refractivity contribution in [2.75, 3.05) is 6.61 Å². The zero-order valence-electron chi connectivity index (χ0n) is 9.45. The third kappa shape index (κ3) is 3.29. The van der Waals surface area contributed by atoms with Gasteiger partial charge in [-0.2, -0.15) is 0 Å². The molecule has 16 heavy (non-hydrogen) atoms. The fourth-order valence-corrected chi connectivity index (χ4v) is 3.49. The fourth-order valence-electron chi connectivity index (χ4n) is 2.06. The van der Waals surface area contributed by atoms with Crippen LogP contribution in [-0.2, 0) is 0 Å². The van der Waals surface area contributed by atoms with Crippen molar-refractivity contribution in [3.8, 4) is 0 Å². The molecule has 0 aromatic carbocycles. The minimum absolute atomic E-state index is 0.287. The highest BCUT2D eigenvalue weighted by Gasteiger charge is 2.31. The van der Waals surface area contributed by atoms with E-state index >= 15 is 0 Å². The first-order valence-corrected chi connectivity index (χ1v) is 7.44. The van der Waals surface area contributed by atoms with E-state index in [0.29, 0.717) is 12.1 Å². The fraction of sp³-hybridized carbons (Fsp3) is 0.667. The number of aliphatic hydroxyl groups excluding tert-OH is 1. The normalized spacial score (nSPS) is 19.7. The van der Waals surface area contributed by atoms with Crippen molar-refractivity contribution in [1.82, 2.24) is 5.32 Å². The molecule has 0 bridgehead atoms. The van der Waals surface area contributed by atoms with E-state index in [1.807, 2.05) is 0 Å². The first-order chi connectivity index (χ1) is 7.70. The molecule has 1 aromatic rings. The monoisotopic (exact) mass is 303 g/mol. The minimum atomic E-state index is 0.287. The maximum atomic E-state index is 9.06. The predicted octanol–water partition coefficient (Wildman–Crippen LogP) is 3.32. The van der Waals surface area contributed by atoms with Gasteiger partial charge in [0.1, 0.15) is 0 Å². The third-order valence-electron chi connectivity index (χ3n) is 3.12. The summed E-state index contributed by atoms with van der Waals surface area (Å²) in [4.78, 5) is 1.36. The van der Waals surface area contributed by atoms with Gasteiger partial charge in [-0.15, -0.1) is 11.3 Å². The van der Waals surface area contributed by atoms with Crippen molar-refractivity contribution in [1.29, 1.82) is 0 Å². The van der Waals surface area contributed by atoms with Crippen molar-refractivity contribution in [2.45, 2.75) is 38.3 Å². The Hall–Kier alpha value is 0.1000. The second-order valence-corrected chi connectivity index (χ2v) is 6.98. The van der Waals surface area contributed by atoms with Gasteiger partial charge in [-0.05, 0) is 60.2 Å². The quantitative estimate of drug-likeness (QED) is 0.845. The van der Waals surface area contributed by atoms with Gasteiger partial charge in [0.2, 0.25) is 0 Å². The molecule has 0 saturated heterocycles. The Kier molecular flexibility index (Phi) is 4.41. The molecule has 1 saturated carbocycles. The molecule has 0 aliphatic heterocycles. The molecule has 4 heteroatoms. The lowest BCUT2D eigenvalue weighted by Gasteiger charge is -2.21. The average molecular weight is 304 g/mol. The van der Waals surface area contributed by atoms with Crippen LogP contribution in [0.4, 0.5) is 0 Å². The lowest BCUT2D eigenvalue weighted by molar-refractivity contribution is 0.250. The van der Waals surface area contributed by atoms with Gasteiger partial charge in [-0.25, -0.2) is 0 Å². The zero-order chi connectivity index (χ0) is 11.5. The Balaban J connectivity index is 1.91. The third-order valence-corrected chi connectivity index (χ3v) is 4.92. The van der Waals surface area contributed by atoms with E-state index in [1.165, 1.54) is 21.5 Å². The lowest BCUT2D eigenvalue weighted by atomic mass is 10.1. The molecule has 0 amide bonds. The summed E-state index contributed by atoms with van der Waals surface area (Å²) in [6, 6.07) is 5.13. The summed E-state index contributed by atoms with van der Waals surface area (Å²) >= 11 is 5.27. The summed E-state index contributed by atoms with van der Waals surface area (Å²) in [7, 11) is 0. The summed E-state index contributed by atoms with van der Waals surface area (Å²) in [5, 5.41) is 12.7. The molecule has 1 heterocycles. The summed E-state index contributed by atoms with van der Waals surface area (Å²) in [6.45, 7) is 2.49. The van der Waals surface area contributed by atoms with Gasteiger partial charge in [-0.3, -0.25) is 0 Å². The average Bonchev–Trinajstić information content (AvgIpc) is 3.00. The highest BCUT2D eigenvalue weighted by atomic mass is 79.9. The van der Waals surface area contributed by atoms with Gasteiger partial charge >= 0.3 is 0 Å². The largest absolute Gasteiger partial charge is 0.396 e. The highest BCUT2D eigenvalue weighted by Crippen LogP contribution is 2.36. The Morgan fingerprint density at radius 3 is 2.81 bits per heavy atom. The molecule has 2 rings (SSSR count). The van der Waals surface area contributed by atoms with Gasteiger partial charge in [0.15, 0.2) is 0 Å². The molecule has 1 aliphatic rings. The summed E-state index contributed by atoms with van der Waals surface area (Å²) in [5.74, 6) is 0.790. The van der Waals surface area contributed by atoms with Crippen molar-refractivity contribution in [3.63, 3.8) is 0 Å². The Bertz CT molecular complexity index is 338. The van der Waals surface area contributed by atoms with Crippen LogP contribution in [0.1, 0.15) is 37.1 Å². The maximum absolute atomic E-state index is 9.06. The molecule has 1 fully saturated rings. The van der Waals surface area contributed by atoms with Crippen LogP contribution in [0.25, 0.3) is 0 Å². The number of nitrogens with one attached hydrogen (secondary N) is 1. The van der Waals surface area contributed by atoms with E-state index in [2.05, 4.69) is 40.3 Å². The Labute approximate surface area is 109 Å². The SMILES string of the molecule is CC(NC(CCO)C1CC1)c1ccc(Br)s1. The number of aliphatic hydroxyl groups is 1. The van der Waals surface area contributed by atoms with Gasteiger partial charge in [0.25, 0.3) is 0 Å². The van der Waals surface area contributed by atoms with Crippen LogP contribution in [-0.4, -0.2) is 17.8 Å². The molecule has 1 aliphatic carbocycles. The number of hydrogen-bond acceptors (Lipinski definition) is 3. The molecular weight excluding hydrogens is 286 g/mol. The van der Waals surface area contributed by atoms with Gasteiger partial charge in [0, 0.05) is 23.6 Å². The Morgan fingerprint density at radius 1 is 1.56 bits per heavy atom. The van der Waals surface area contributed by atoms with Crippen LogP contribution in [0.5, 0.6) is 0 Å². The van der Waals surface area contributed by atoms with E-state index in [9.17, 15) is 0 Å². The van der Waals surface area contributed by atoms with Crippen molar-refractivity contribution < 1.29 is 5.11 Å². The first-order valence-electron chi connectivity index (χ1n) is 5.83. The molecule has 2 atom stereocenters. The molecular formula is C12H18BrNOS. The van der Waals surface area contributed by atoms with Crippen molar-refractivity contribution in [2.24, 2.45) is 5.92 Å². The highest BCUT2D eigenvalue weighted by molar-refractivity contribution is 9.11. The second-order valence-electron chi connectivity index (χ2n) is 4.49. The molecule has 1 aromatic heterocycles. The van der Waals surface area contributed by atoms with Crippen LogP contribution >= 0.6 is 27.3 Å². The number of hydrogen-bond donors (Lipinski definition) is 2. The number of rotatable bonds is 6. The van der Waals surface area contributed by atoms with Gasteiger partial charge in [0.05, 0.1) is 3.79 Å². The Morgan fingerprint density at radius 2 is 2.31 bits per heavy atom. The summed E-state index contributed by atoms with van der Waals surface area (Å²) < 4.78 is 1.18. The van der Waals surface area contributed by atoms with E-state index in [0.717, 1.165) is 12.3 Å². The topological polar surface area (TPSA) is 32.3 Å². The minimum Gasteiger partial charge on any atom is -0.396 e. The molecule has 2 N–H and O–H groups in total. The van der Waals surface area contributed by atoms with E-state index in [4.69, 9.17) is 5.11 Å². The smallest absolute Gasteiger partial charge is 0.0701 e. The van der Waals surface area contributed by atoms with Crippen LogP contribution < -0.4 is 5.32 Å². The van der Waals surface area contributed by atoms with Crippen LogP contribution in [0.15, 0.2) is 15.9 Å². The predicted molar refractivity (Wildman–Crippen MR) is 71.8 cm³/mol. The van der Waals surface area contributed by atoms with Crippen LogP contribution in [0.2, 0.25) is 0 Å². The van der Waals surface area contributed by atoms with Crippen LogP contribution in [0.3, 0.4) is 0 Å². The van der Waals surface area contributed by atoms with Gasteiger partial charge in [-0.1, -0.05) is 0 Å². The van der Waals surface area contributed by atoms with Crippen molar-refractivity contribution >= 4 is 27.3 Å². The summed E-state index contributed by atoms with van der Waals surface area (Å²) in [5.41, 5.74) is 0. The number of thiophene rings is 1. The number of halogens is 1. The lowest BCUT2D eigenvalue weighted by Crippen LogP contribution is -2.33. The molecule has 0 spiro atoms. The molecule has 90 valence electrons. The molecule has 0 radical (unpaired) electrons. The molecule has 2 unspecified atom stereocenters. The standard InChI is InChI=1S/C12H18BrNOS/c1-8(11-4-5-12(13)16-11)14-10(6-7-15)9-2-3-9/h4-5,8-10,14-15H,2-3,6-7H2,1H3. The van der Waals surface area contributed by atoms with Gasteiger partial charge < -0.3 is 10.4 Å². The molecule has 2 nitrogen and oxygen atoms in total. The first kappa shape index (κ1) is 12.6. The maximum Gasteiger partial charge on any atom is 0.0701 e. The van der Waals surface area contributed by atoms with Crippen LogP contribution in [0, 0.1) is 5.92 Å². The van der Waals surface area contributed by atoms with Crippen molar-refractivity contribution in [3.05, 3.63) is 20.8 Å². The van der Waals surface area contributed by atoms with E-state index < -0.39 is 0 Å². The second kappa shape index (κ2) is 5.63. The zero-order valence-corrected chi connectivity index (χ0v) is 11.9.